The topological polar surface area (TPSA) is 84.8 Å². The van der Waals surface area contributed by atoms with E-state index in [-0.39, 0.29) is 11.4 Å². The van der Waals surface area contributed by atoms with Crippen LogP contribution in [0.2, 0.25) is 0 Å². The second kappa shape index (κ2) is 7.12. The van der Waals surface area contributed by atoms with Crippen LogP contribution in [0.4, 0.5) is 0 Å². The molecule has 1 aromatic heterocycles. The Hall–Kier alpha value is -3.73. The van der Waals surface area contributed by atoms with Gasteiger partial charge in [0.1, 0.15) is 11.5 Å². The Balaban J connectivity index is 1.77. The van der Waals surface area contributed by atoms with Crippen LogP contribution in [0.5, 0.6) is 0 Å². The molecule has 0 amide bonds. The van der Waals surface area contributed by atoms with Crippen molar-refractivity contribution in [1.82, 2.24) is 9.55 Å². The molecule has 0 bridgehead atoms. The number of hydrogen-bond donors (Lipinski definition) is 2. The summed E-state index contributed by atoms with van der Waals surface area (Å²) in [7, 11) is 0. The van der Waals surface area contributed by atoms with Gasteiger partial charge in [0.05, 0.1) is 17.6 Å². The van der Waals surface area contributed by atoms with E-state index in [1.54, 1.807) is 11.5 Å². The van der Waals surface area contributed by atoms with E-state index in [0.29, 0.717) is 17.8 Å². The van der Waals surface area contributed by atoms with Crippen LogP contribution in [-0.4, -0.2) is 15.4 Å². The van der Waals surface area contributed by atoms with E-state index in [4.69, 9.17) is 11.1 Å². The first-order chi connectivity index (χ1) is 13.5. The van der Waals surface area contributed by atoms with Crippen LogP contribution >= 0.6 is 0 Å². The Bertz CT molecular complexity index is 1260. The SMILES string of the molecule is Cc1nc2ccccc2n(Cc2cccc(-c3cccc(C(=N)N)c3)c2)c1=O. The summed E-state index contributed by atoms with van der Waals surface area (Å²) in [5.74, 6) is 0.0447. The molecule has 0 fully saturated rings. The molecule has 138 valence electrons. The summed E-state index contributed by atoms with van der Waals surface area (Å²) in [5.41, 5.74) is 11.4. The van der Waals surface area contributed by atoms with Crippen LogP contribution in [-0.2, 0) is 6.54 Å². The Morgan fingerprint density at radius 1 is 1.00 bits per heavy atom. The molecule has 3 N–H and O–H groups in total. The summed E-state index contributed by atoms with van der Waals surface area (Å²) < 4.78 is 1.77. The van der Waals surface area contributed by atoms with Crippen molar-refractivity contribution in [3.8, 4) is 11.1 Å². The third kappa shape index (κ3) is 3.30. The second-order valence-corrected chi connectivity index (χ2v) is 6.77. The third-order valence-corrected chi connectivity index (χ3v) is 4.79. The number of amidine groups is 1. The molecule has 0 spiro atoms. The maximum atomic E-state index is 12.7. The van der Waals surface area contributed by atoms with Gasteiger partial charge in [-0.25, -0.2) is 4.98 Å². The zero-order valence-corrected chi connectivity index (χ0v) is 15.5. The minimum Gasteiger partial charge on any atom is -0.384 e. The number of nitrogen functional groups attached to an aromatic ring is 1. The molecular formula is C23H20N4O. The maximum Gasteiger partial charge on any atom is 0.272 e. The van der Waals surface area contributed by atoms with Crippen molar-refractivity contribution in [1.29, 1.82) is 5.41 Å². The van der Waals surface area contributed by atoms with E-state index in [1.807, 2.05) is 66.7 Å². The number of fused-ring (bicyclic) bond motifs is 1. The van der Waals surface area contributed by atoms with E-state index in [0.717, 1.165) is 27.7 Å². The predicted molar refractivity (Wildman–Crippen MR) is 113 cm³/mol. The normalized spacial score (nSPS) is 10.9. The van der Waals surface area contributed by atoms with Gasteiger partial charge in [-0.15, -0.1) is 0 Å². The van der Waals surface area contributed by atoms with Gasteiger partial charge in [0.25, 0.3) is 5.56 Å². The highest BCUT2D eigenvalue weighted by molar-refractivity contribution is 5.96. The van der Waals surface area contributed by atoms with Crippen molar-refractivity contribution >= 4 is 16.9 Å². The fraction of sp³-hybridized carbons (Fsp3) is 0.0870. The van der Waals surface area contributed by atoms with Crippen molar-refractivity contribution in [2.24, 2.45) is 5.73 Å². The zero-order valence-electron chi connectivity index (χ0n) is 15.5. The number of nitrogens with two attached hydrogens (primary N) is 1. The van der Waals surface area contributed by atoms with Crippen molar-refractivity contribution < 1.29 is 0 Å². The molecule has 0 aliphatic rings. The minimum absolute atomic E-state index is 0.0447. The molecule has 0 unspecified atom stereocenters. The number of aromatic nitrogens is 2. The number of rotatable bonds is 4. The molecule has 0 saturated heterocycles. The first kappa shape index (κ1) is 17.7. The zero-order chi connectivity index (χ0) is 19.7. The molecule has 4 aromatic rings. The van der Waals surface area contributed by atoms with Crippen molar-refractivity contribution in [3.63, 3.8) is 0 Å². The van der Waals surface area contributed by atoms with Crippen molar-refractivity contribution in [2.45, 2.75) is 13.5 Å². The van der Waals surface area contributed by atoms with Gasteiger partial charge in [-0.05, 0) is 47.9 Å². The first-order valence-corrected chi connectivity index (χ1v) is 9.03. The lowest BCUT2D eigenvalue weighted by molar-refractivity contribution is 0.776. The lowest BCUT2D eigenvalue weighted by Gasteiger charge is -2.12. The summed E-state index contributed by atoms with van der Waals surface area (Å²) in [6.07, 6.45) is 0. The highest BCUT2D eigenvalue weighted by atomic mass is 16.1. The fourth-order valence-corrected chi connectivity index (χ4v) is 3.38. The lowest BCUT2D eigenvalue weighted by Crippen LogP contribution is -2.24. The Kier molecular flexibility index (Phi) is 4.49. The summed E-state index contributed by atoms with van der Waals surface area (Å²) >= 11 is 0. The van der Waals surface area contributed by atoms with Crippen LogP contribution in [0.1, 0.15) is 16.8 Å². The second-order valence-electron chi connectivity index (χ2n) is 6.77. The average molecular weight is 368 g/mol. The average Bonchev–Trinajstić information content (AvgIpc) is 2.71. The van der Waals surface area contributed by atoms with Crippen LogP contribution < -0.4 is 11.3 Å². The van der Waals surface area contributed by atoms with Crippen LogP contribution in [0.25, 0.3) is 22.2 Å². The number of nitrogens with one attached hydrogen (secondary N) is 1. The number of para-hydroxylation sites is 2. The van der Waals surface area contributed by atoms with Gasteiger partial charge in [0.2, 0.25) is 0 Å². The number of nitrogens with zero attached hydrogens (tertiary/aromatic N) is 2. The van der Waals surface area contributed by atoms with E-state index < -0.39 is 0 Å². The lowest BCUT2D eigenvalue weighted by atomic mass is 10.0. The smallest absolute Gasteiger partial charge is 0.272 e. The third-order valence-electron chi connectivity index (χ3n) is 4.79. The van der Waals surface area contributed by atoms with Gasteiger partial charge in [0.15, 0.2) is 0 Å². The molecule has 3 aromatic carbocycles. The molecule has 5 heteroatoms. The molecule has 4 rings (SSSR count). The minimum atomic E-state index is -0.0809. The van der Waals surface area contributed by atoms with Crippen molar-refractivity contribution in [3.05, 3.63) is 100.0 Å². The van der Waals surface area contributed by atoms with Crippen molar-refractivity contribution in [2.75, 3.05) is 0 Å². The standard InChI is InChI=1S/C23H20N4O/c1-15-23(28)27(21-11-3-2-10-20(21)26-15)14-16-6-4-7-17(12-16)18-8-5-9-19(13-18)22(24)25/h2-13H,14H2,1H3,(H3,24,25). The van der Waals surface area contributed by atoms with E-state index >= 15 is 0 Å². The van der Waals surface area contributed by atoms with Gasteiger partial charge >= 0.3 is 0 Å². The molecule has 1 heterocycles. The Labute approximate surface area is 162 Å². The Morgan fingerprint density at radius 3 is 2.50 bits per heavy atom. The first-order valence-electron chi connectivity index (χ1n) is 9.03. The van der Waals surface area contributed by atoms with Crippen LogP contribution in [0, 0.1) is 12.3 Å². The quantitative estimate of drug-likeness (QED) is 0.425. The molecule has 0 saturated carbocycles. The molecule has 0 radical (unpaired) electrons. The van der Waals surface area contributed by atoms with Gasteiger partial charge in [-0.3, -0.25) is 10.2 Å². The van der Waals surface area contributed by atoms with E-state index in [2.05, 4.69) is 11.1 Å². The molecule has 0 aliphatic carbocycles. The van der Waals surface area contributed by atoms with E-state index in [9.17, 15) is 4.79 Å². The molecular weight excluding hydrogens is 348 g/mol. The number of benzene rings is 3. The molecule has 0 aliphatic heterocycles. The largest absolute Gasteiger partial charge is 0.384 e. The van der Waals surface area contributed by atoms with E-state index in [1.165, 1.54) is 0 Å². The summed E-state index contributed by atoms with van der Waals surface area (Å²) in [5, 5.41) is 7.64. The molecule has 0 atom stereocenters. The van der Waals surface area contributed by atoms with Gasteiger partial charge in [-0.2, -0.15) is 0 Å². The monoisotopic (exact) mass is 368 g/mol. The predicted octanol–water partition coefficient (Wildman–Crippen LogP) is 3.70. The van der Waals surface area contributed by atoms with Gasteiger partial charge < -0.3 is 10.3 Å². The summed E-state index contributed by atoms with van der Waals surface area (Å²) in [4.78, 5) is 17.1. The fourth-order valence-electron chi connectivity index (χ4n) is 3.38. The molecule has 5 nitrogen and oxygen atoms in total. The number of aryl methyl sites for hydroxylation is 1. The van der Waals surface area contributed by atoms with Gasteiger partial charge in [0, 0.05) is 5.56 Å². The maximum absolute atomic E-state index is 12.7. The Morgan fingerprint density at radius 2 is 1.71 bits per heavy atom. The summed E-state index contributed by atoms with van der Waals surface area (Å²) in [6.45, 7) is 2.21. The van der Waals surface area contributed by atoms with Crippen LogP contribution in [0.3, 0.4) is 0 Å². The number of hydrogen-bond acceptors (Lipinski definition) is 3. The van der Waals surface area contributed by atoms with Crippen LogP contribution in [0.15, 0.2) is 77.6 Å². The molecule has 28 heavy (non-hydrogen) atoms. The highest BCUT2D eigenvalue weighted by Crippen LogP contribution is 2.22. The van der Waals surface area contributed by atoms with Gasteiger partial charge in [-0.1, -0.05) is 48.5 Å². The summed E-state index contributed by atoms with van der Waals surface area (Å²) in [6, 6.07) is 23.4. The highest BCUT2D eigenvalue weighted by Gasteiger charge is 2.09.